The molecule has 0 radical (unpaired) electrons. The first kappa shape index (κ1) is 25.2. The highest BCUT2D eigenvalue weighted by molar-refractivity contribution is 6.02. The molecule has 0 aromatic heterocycles. The Hall–Kier alpha value is -4.85. The van der Waals surface area contributed by atoms with Crippen LogP contribution in [0.15, 0.2) is 91.0 Å². The number of hydrogen-bond donors (Lipinski definition) is 2. The van der Waals surface area contributed by atoms with Crippen LogP contribution in [0.3, 0.4) is 0 Å². The predicted molar refractivity (Wildman–Crippen MR) is 141 cm³/mol. The molecule has 4 aromatic carbocycles. The van der Waals surface area contributed by atoms with Gasteiger partial charge < -0.3 is 24.8 Å². The van der Waals surface area contributed by atoms with Gasteiger partial charge in [-0.05, 0) is 47.9 Å². The molecule has 4 rings (SSSR count). The van der Waals surface area contributed by atoms with Gasteiger partial charge in [-0.2, -0.15) is 0 Å². The number of carbonyl (C=O) groups excluding carboxylic acids is 3. The lowest BCUT2D eigenvalue weighted by Gasteiger charge is -2.11. The van der Waals surface area contributed by atoms with E-state index in [2.05, 4.69) is 10.6 Å². The van der Waals surface area contributed by atoms with Crippen molar-refractivity contribution < 1.29 is 28.6 Å². The van der Waals surface area contributed by atoms with Crippen molar-refractivity contribution in [1.29, 1.82) is 0 Å². The van der Waals surface area contributed by atoms with Crippen LogP contribution in [0.25, 0.3) is 10.8 Å². The minimum Gasteiger partial charge on any atom is -0.493 e. The standard InChI is InChI=1S/C29H26N2O6/c1-35-25-11-4-5-12-26(25)37-22-15-13-21(14-16-22)30-27(32)17-18-29(34)36-19-28(33)31-24-10-6-8-20-7-2-3-9-23(20)24/h2-16H,17-19H2,1H3,(H,30,32)(H,31,33). The second kappa shape index (κ2) is 12.2. The third-order valence-electron chi connectivity index (χ3n) is 5.42. The second-order valence-corrected chi connectivity index (χ2v) is 8.06. The molecule has 2 N–H and O–H groups in total. The minimum atomic E-state index is -0.635. The quantitative estimate of drug-likeness (QED) is 0.278. The van der Waals surface area contributed by atoms with E-state index in [1.165, 1.54) is 0 Å². The second-order valence-electron chi connectivity index (χ2n) is 8.06. The number of para-hydroxylation sites is 2. The Morgan fingerprint density at radius 2 is 1.41 bits per heavy atom. The summed E-state index contributed by atoms with van der Waals surface area (Å²) in [6.45, 7) is -0.433. The average molecular weight is 499 g/mol. The molecule has 0 fully saturated rings. The van der Waals surface area contributed by atoms with Gasteiger partial charge >= 0.3 is 5.97 Å². The molecular formula is C29H26N2O6. The first-order valence-corrected chi connectivity index (χ1v) is 11.7. The van der Waals surface area contributed by atoms with Gasteiger partial charge in [-0.25, -0.2) is 0 Å². The maximum Gasteiger partial charge on any atom is 0.306 e. The van der Waals surface area contributed by atoms with Gasteiger partial charge in [0.15, 0.2) is 18.1 Å². The Balaban J connectivity index is 1.19. The van der Waals surface area contributed by atoms with Gasteiger partial charge in [-0.1, -0.05) is 48.5 Å². The van der Waals surface area contributed by atoms with Crippen molar-refractivity contribution in [2.75, 3.05) is 24.4 Å². The zero-order chi connectivity index (χ0) is 26.0. The van der Waals surface area contributed by atoms with Gasteiger partial charge in [0.05, 0.1) is 13.5 Å². The van der Waals surface area contributed by atoms with Crippen molar-refractivity contribution in [3.05, 3.63) is 91.0 Å². The molecule has 0 unspecified atom stereocenters. The number of methoxy groups -OCH3 is 1. The monoisotopic (exact) mass is 498 g/mol. The van der Waals surface area contributed by atoms with Gasteiger partial charge in [-0.15, -0.1) is 0 Å². The van der Waals surface area contributed by atoms with E-state index in [4.69, 9.17) is 14.2 Å². The molecule has 0 aliphatic rings. The number of rotatable bonds is 10. The van der Waals surface area contributed by atoms with Crippen LogP contribution in [-0.4, -0.2) is 31.5 Å². The molecule has 4 aromatic rings. The topological polar surface area (TPSA) is 103 Å². The van der Waals surface area contributed by atoms with Crippen LogP contribution in [0, 0.1) is 0 Å². The summed E-state index contributed by atoms with van der Waals surface area (Å²) >= 11 is 0. The summed E-state index contributed by atoms with van der Waals surface area (Å²) in [5, 5.41) is 7.35. The molecule has 0 saturated heterocycles. The number of anilines is 2. The minimum absolute atomic E-state index is 0.0801. The summed E-state index contributed by atoms with van der Waals surface area (Å²) in [7, 11) is 1.57. The normalized spacial score (nSPS) is 10.4. The molecule has 0 bridgehead atoms. The summed E-state index contributed by atoms with van der Waals surface area (Å²) in [4.78, 5) is 36.5. The number of esters is 1. The summed E-state index contributed by atoms with van der Waals surface area (Å²) < 4.78 is 16.1. The van der Waals surface area contributed by atoms with Crippen LogP contribution in [0.5, 0.6) is 17.2 Å². The van der Waals surface area contributed by atoms with Crippen LogP contribution in [0.2, 0.25) is 0 Å². The lowest BCUT2D eigenvalue weighted by atomic mass is 10.1. The fraction of sp³-hybridized carbons (Fsp3) is 0.138. The molecule has 37 heavy (non-hydrogen) atoms. The van der Waals surface area contributed by atoms with Crippen molar-refractivity contribution in [2.45, 2.75) is 12.8 Å². The number of fused-ring (bicyclic) bond motifs is 1. The molecule has 0 saturated carbocycles. The molecule has 8 nitrogen and oxygen atoms in total. The maximum atomic E-state index is 12.2. The smallest absolute Gasteiger partial charge is 0.306 e. The Kier molecular flexibility index (Phi) is 8.33. The van der Waals surface area contributed by atoms with E-state index < -0.39 is 18.5 Å². The zero-order valence-electron chi connectivity index (χ0n) is 20.2. The van der Waals surface area contributed by atoms with E-state index in [0.29, 0.717) is 28.6 Å². The van der Waals surface area contributed by atoms with Gasteiger partial charge in [0.1, 0.15) is 5.75 Å². The summed E-state index contributed by atoms with van der Waals surface area (Å²) in [6, 6.07) is 27.3. The Morgan fingerprint density at radius 3 is 2.19 bits per heavy atom. The summed E-state index contributed by atoms with van der Waals surface area (Å²) in [5.41, 5.74) is 1.19. The van der Waals surface area contributed by atoms with Crippen molar-refractivity contribution >= 4 is 39.9 Å². The number of carbonyl (C=O) groups is 3. The number of nitrogens with one attached hydrogen (secondary N) is 2. The number of hydrogen-bond acceptors (Lipinski definition) is 6. The molecule has 2 amide bonds. The molecule has 0 aliphatic carbocycles. The van der Waals surface area contributed by atoms with Crippen molar-refractivity contribution in [3.63, 3.8) is 0 Å². The third-order valence-corrected chi connectivity index (χ3v) is 5.42. The van der Waals surface area contributed by atoms with Crippen LogP contribution < -0.4 is 20.1 Å². The van der Waals surface area contributed by atoms with Gasteiger partial charge in [0.2, 0.25) is 5.91 Å². The largest absolute Gasteiger partial charge is 0.493 e. The first-order chi connectivity index (χ1) is 18.0. The zero-order valence-corrected chi connectivity index (χ0v) is 20.2. The first-order valence-electron chi connectivity index (χ1n) is 11.7. The third kappa shape index (κ3) is 7.08. The molecule has 0 heterocycles. The fourth-order valence-corrected chi connectivity index (χ4v) is 3.61. The Bertz CT molecular complexity index is 1400. The van der Waals surface area contributed by atoms with Gasteiger partial charge in [-0.3, -0.25) is 14.4 Å². The van der Waals surface area contributed by atoms with E-state index in [-0.39, 0.29) is 18.7 Å². The van der Waals surface area contributed by atoms with Crippen molar-refractivity contribution in [1.82, 2.24) is 0 Å². The summed E-state index contributed by atoms with van der Waals surface area (Å²) in [5.74, 6) is 0.320. The molecule has 188 valence electrons. The van der Waals surface area contributed by atoms with E-state index >= 15 is 0 Å². The molecular weight excluding hydrogens is 472 g/mol. The van der Waals surface area contributed by atoms with E-state index in [0.717, 1.165) is 10.8 Å². The van der Waals surface area contributed by atoms with E-state index in [9.17, 15) is 14.4 Å². The van der Waals surface area contributed by atoms with E-state index in [1.54, 1.807) is 49.6 Å². The predicted octanol–water partition coefficient (Wildman–Crippen LogP) is 5.54. The van der Waals surface area contributed by atoms with E-state index in [1.807, 2.05) is 48.5 Å². The van der Waals surface area contributed by atoms with Crippen LogP contribution in [-0.2, 0) is 19.1 Å². The van der Waals surface area contributed by atoms with Gasteiger partial charge in [0.25, 0.3) is 5.91 Å². The molecule has 0 aliphatic heterocycles. The summed E-state index contributed by atoms with van der Waals surface area (Å²) in [6.07, 6.45) is -0.231. The SMILES string of the molecule is COc1ccccc1Oc1ccc(NC(=O)CCC(=O)OCC(=O)Nc2cccc3ccccc23)cc1. The highest BCUT2D eigenvalue weighted by Gasteiger charge is 2.12. The van der Waals surface area contributed by atoms with Crippen LogP contribution >= 0.6 is 0 Å². The van der Waals surface area contributed by atoms with Crippen molar-refractivity contribution in [2.24, 2.45) is 0 Å². The molecule has 0 atom stereocenters. The lowest BCUT2D eigenvalue weighted by Crippen LogP contribution is -2.22. The average Bonchev–Trinajstić information content (AvgIpc) is 2.92. The fourth-order valence-electron chi connectivity index (χ4n) is 3.61. The van der Waals surface area contributed by atoms with Crippen LogP contribution in [0.1, 0.15) is 12.8 Å². The Labute approximate surface area is 214 Å². The van der Waals surface area contributed by atoms with Crippen molar-refractivity contribution in [3.8, 4) is 17.2 Å². The molecule has 0 spiro atoms. The van der Waals surface area contributed by atoms with Gasteiger partial charge in [0, 0.05) is 23.2 Å². The lowest BCUT2D eigenvalue weighted by molar-refractivity contribution is -0.147. The highest BCUT2D eigenvalue weighted by Crippen LogP contribution is 2.31. The Morgan fingerprint density at radius 1 is 0.703 bits per heavy atom. The maximum absolute atomic E-state index is 12.2. The number of amides is 2. The number of benzene rings is 4. The number of ether oxygens (including phenoxy) is 3. The highest BCUT2D eigenvalue weighted by atomic mass is 16.5. The van der Waals surface area contributed by atoms with Crippen LogP contribution in [0.4, 0.5) is 11.4 Å². The molecule has 8 heteroatoms.